The molecule has 0 aliphatic heterocycles. The van der Waals surface area contributed by atoms with Gasteiger partial charge in [-0.05, 0) is 29.3 Å². The minimum absolute atomic E-state index is 0.266. The number of rotatable bonds is 8. The molecule has 1 aromatic heterocycles. The molecule has 0 bridgehead atoms. The number of halogens is 3. The molecule has 0 saturated heterocycles. The first kappa shape index (κ1) is 23.0. The second-order valence-electron chi connectivity index (χ2n) is 6.84. The highest BCUT2D eigenvalue weighted by Crippen LogP contribution is 2.17. The Bertz CT molecular complexity index is 1100. The van der Waals surface area contributed by atoms with Crippen LogP contribution in [0.25, 0.3) is 0 Å². The van der Waals surface area contributed by atoms with Crippen LogP contribution in [-0.4, -0.2) is 41.5 Å². The van der Waals surface area contributed by atoms with E-state index in [2.05, 4.69) is 15.2 Å². The third-order valence-corrected chi connectivity index (χ3v) is 4.37. The summed E-state index contributed by atoms with van der Waals surface area (Å²) in [5.74, 6) is -0.905. The van der Waals surface area contributed by atoms with Crippen LogP contribution in [0.5, 0.6) is 0 Å². The molecule has 0 atom stereocenters. The van der Waals surface area contributed by atoms with Crippen LogP contribution >= 0.6 is 0 Å². The van der Waals surface area contributed by atoms with Crippen LogP contribution in [0.1, 0.15) is 31.8 Å². The largest absolute Gasteiger partial charge is 0.465 e. The fourth-order valence-corrected chi connectivity index (χ4v) is 2.95. The number of benzene rings is 2. The Kier molecular flexibility index (Phi) is 7.26. The van der Waals surface area contributed by atoms with Gasteiger partial charge >= 0.3 is 12.1 Å². The highest BCUT2D eigenvalue weighted by atomic mass is 19.4. The number of hydrogen-bond donors (Lipinski definition) is 1. The maximum Gasteiger partial charge on any atom is 0.411 e. The molecule has 1 amide bonds. The summed E-state index contributed by atoms with van der Waals surface area (Å²) in [7, 11) is 1.30. The molecule has 0 aliphatic rings. The van der Waals surface area contributed by atoms with E-state index in [-0.39, 0.29) is 18.7 Å². The van der Waals surface area contributed by atoms with E-state index in [4.69, 9.17) is 4.74 Å². The number of carbonyl (C=O) groups excluding carboxylic acids is 2. The number of anilines is 1. The Morgan fingerprint density at radius 1 is 1.12 bits per heavy atom. The number of ether oxygens (including phenoxy) is 2. The maximum atomic E-state index is 12.5. The predicted molar refractivity (Wildman–Crippen MR) is 109 cm³/mol. The van der Waals surface area contributed by atoms with Crippen LogP contribution in [0.3, 0.4) is 0 Å². The van der Waals surface area contributed by atoms with Gasteiger partial charge in [0.25, 0.3) is 5.91 Å². The summed E-state index contributed by atoms with van der Waals surface area (Å²) < 4.78 is 47.6. The number of nitrogens with zero attached hydrogens (tertiary/aromatic N) is 2. The SMILES string of the molecule is COC(=O)c1ccccc1Cn1cc(NC(=O)c2cccc(COCC(F)(F)F)c2)cn1. The standard InChI is InChI=1S/C22H20F3N3O4/c1-31-21(30)19-8-3-2-6-17(19)11-28-12-18(10-26-28)27-20(29)16-7-4-5-15(9-16)13-32-14-22(23,24)25/h2-10,12H,11,13-14H2,1H3,(H,27,29). The van der Waals surface area contributed by atoms with Crippen LogP contribution < -0.4 is 5.32 Å². The van der Waals surface area contributed by atoms with Crippen molar-refractivity contribution in [2.45, 2.75) is 19.3 Å². The van der Waals surface area contributed by atoms with Gasteiger partial charge in [-0.1, -0.05) is 30.3 Å². The fourth-order valence-electron chi connectivity index (χ4n) is 2.95. The Balaban J connectivity index is 1.63. The molecule has 10 heteroatoms. The van der Waals surface area contributed by atoms with Crippen molar-refractivity contribution in [2.75, 3.05) is 19.0 Å². The molecule has 168 valence electrons. The van der Waals surface area contributed by atoms with Crippen molar-refractivity contribution in [1.82, 2.24) is 9.78 Å². The van der Waals surface area contributed by atoms with E-state index in [0.29, 0.717) is 22.4 Å². The van der Waals surface area contributed by atoms with Gasteiger partial charge in [-0.3, -0.25) is 9.48 Å². The molecule has 3 aromatic rings. The van der Waals surface area contributed by atoms with Crippen LogP contribution in [0, 0.1) is 0 Å². The Hall–Kier alpha value is -3.66. The van der Waals surface area contributed by atoms with E-state index in [1.54, 1.807) is 53.3 Å². The van der Waals surface area contributed by atoms with E-state index in [1.807, 2.05) is 0 Å². The third kappa shape index (κ3) is 6.42. The molecule has 7 nitrogen and oxygen atoms in total. The molecule has 0 unspecified atom stereocenters. The highest BCUT2D eigenvalue weighted by Gasteiger charge is 2.27. The zero-order valence-electron chi connectivity index (χ0n) is 17.1. The van der Waals surface area contributed by atoms with Gasteiger partial charge in [-0.25, -0.2) is 4.79 Å². The zero-order chi connectivity index (χ0) is 23.1. The van der Waals surface area contributed by atoms with E-state index >= 15 is 0 Å². The summed E-state index contributed by atoms with van der Waals surface area (Å²) >= 11 is 0. The van der Waals surface area contributed by atoms with Gasteiger partial charge in [0, 0.05) is 11.8 Å². The Labute approximate surface area is 181 Å². The highest BCUT2D eigenvalue weighted by molar-refractivity contribution is 6.04. The second-order valence-corrected chi connectivity index (χ2v) is 6.84. The third-order valence-electron chi connectivity index (χ3n) is 4.37. The van der Waals surface area contributed by atoms with Crippen LogP contribution in [0.4, 0.5) is 18.9 Å². The number of methoxy groups -OCH3 is 1. The average molecular weight is 447 g/mol. The summed E-state index contributed by atoms with van der Waals surface area (Å²) in [4.78, 5) is 24.4. The number of hydrogen-bond acceptors (Lipinski definition) is 5. The first-order valence-corrected chi connectivity index (χ1v) is 9.48. The summed E-state index contributed by atoms with van der Waals surface area (Å²) in [6, 6.07) is 13.1. The smallest absolute Gasteiger partial charge is 0.411 e. The summed E-state index contributed by atoms with van der Waals surface area (Å²) in [5.41, 5.74) is 2.25. The first-order valence-electron chi connectivity index (χ1n) is 9.48. The molecule has 0 fully saturated rings. The number of esters is 1. The quantitative estimate of drug-likeness (QED) is 0.527. The van der Waals surface area contributed by atoms with E-state index in [0.717, 1.165) is 0 Å². The Morgan fingerprint density at radius 2 is 1.91 bits per heavy atom. The lowest BCUT2D eigenvalue weighted by Crippen LogP contribution is -2.17. The summed E-state index contributed by atoms with van der Waals surface area (Å²) in [6.07, 6.45) is -1.36. The van der Waals surface area contributed by atoms with Gasteiger partial charge in [0.1, 0.15) is 6.61 Å². The van der Waals surface area contributed by atoms with Crippen molar-refractivity contribution in [3.05, 3.63) is 83.2 Å². The predicted octanol–water partition coefficient (Wildman–Crippen LogP) is 4.05. The average Bonchev–Trinajstić information content (AvgIpc) is 3.19. The van der Waals surface area contributed by atoms with E-state index in [1.165, 1.54) is 19.4 Å². The summed E-state index contributed by atoms with van der Waals surface area (Å²) in [5, 5.41) is 6.87. The van der Waals surface area contributed by atoms with Gasteiger partial charge < -0.3 is 14.8 Å². The van der Waals surface area contributed by atoms with Crippen molar-refractivity contribution in [3.8, 4) is 0 Å². The minimum Gasteiger partial charge on any atom is -0.465 e. The first-order chi connectivity index (χ1) is 15.2. The van der Waals surface area contributed by atoms with Crippen molar-refractivity contribution in [3.63, 3.8) is 0 Å². The summed E-state index contributed by atoms with van der Waals surface area (Å²) in [6.45, 7) is -1.34. The van der Waals surface area contributed by atoms with Gasteiger partial charge in [0.2, 0.25) is 0 Å². The normalized spacial score (nSPS) is 11.2. The van der Waals surface area contributed by atoms with Crippen LogP contribution in [0.15, 0.2) is 60.9 Å². The van der Waals surface area contributed by atoms with Gasteiger partial charge in [-0.15, -0.1) is 0 Å². The molecule has 1 heterocycles. The zero-order valence-corrected chi connectivity index (χ0v) is 17.1. The van der Waals surface area contributed by atoms with Crippen molar-refractivity contribution < 1.29 is 32.2 Å². The molecular formula is C22H20F3N3O4. The van der Waals surface area contributed by atoms with Gasteiger partial charge in [-0.2, -0.15) is 18.3 Å². The van der Waals surface area contributed by atoms with Crippen LogP contribution in [0.2, 0.25) is 0 Å². The number of alkyl halides is 3. The molecule has 0 spiro atoms. The number of carbonyl (C=O) groups is 2. The van der Waals surface area contributed by atoms with Gasteiger partial charge in [0.05, 0.1) is 37.7 Å². The molecule has 0 saturated carbocycles. The molecule has 0 radical (unpaired) electrons. The Morgan fingerprint density at radius 3 is 2.66 bits per heavy atom. The van der Waals surface area contributed by atoms with Crippen LogP contribution in [-0.2, 0) is 22.6 Å². The lowest BCUT2D eigenvalue weighted by molar-refractivity contribution is -0.176. The van der Waals surface area contributed by atoms with Crippen molar-refractivity contribution >= 4 is 17.6 Å². The molecular weight excluding hydrogens is 427 g/mol. The fraction of sp³-hybridized carbons (Fsp3) is 0.227. The van der Waals surface area contributed by atoms with Gasteiger partial charge in [0.15, 0.2) is 0 Å². The van der Waals surface area contributed by atoms with E-state index in [9.17, 15) is 22.8 Å². The van der Waals surface area contributed by atoms with Crippen molar-refractivity contribution in [1.29, 1.82) is 0 Å². The monoisotopic (exact) mass is 447 g/mol. The lowest BCUT2D eigenvalue weighted by atomic mass is 10.1. The minimum atomic E-state index is -4.41. The molecule has 1 N–H and O–H groups in total. The lowest BCUT2D eigenvalue weighted by Gasteiger charge is -2.09. The molecule has 32 heavy (non-hydrogen) atoms. The number of amides is 1. The molecule has 2 aromatic carbocycles. The molecule has 3 rings (SSSR count). The van der Waals surface area contributed by atoms with E-state index < -0.39 is 24.7 Å². The molecule has 0 aliphatic carbocycles. The second kappa shape index (κ2) is 10.1. The number of aromatic nitrogens is 2. The maximum absolute atomic E-state index is 12.5. The topological polar surface area (TPSA) is 82.5 Å². The number of nitrogens with one attached hydrogen (secondary N) is 1. The van der Waals surface area contributed by atoms with Crippen molar-refractivity contribution in [2.24, 2.45) is 0 Å².